The molecule has 0 radical (unpaired) electrons. The molecule has 0 aliphatic heterocycles. The van der Waals surface area contributed by atoms with Crippen molar-refractivity contribution in [2.75, 3.05) is 6.61 Å². The fourth-order valence-electron chi connectivity index (χ4n) is 3.17. The Morgan fingerprint density at radius 2 is 1.95 bits per heavy atom. The van der Waals surface area contributed by atoms with Crippen molar-refractivity contribution in [3.05, 3.63) is 35.9 Å². The van der Waals surface area contributed by atoms with Crippen LogP contribution in [0.25, 0.3) is 0 Å². The van der Waals surface area contributed by atoms with Crippen LogP contribution in [0.3, 0.4) is 0 Å². The van der Waals surface area contributed by atoms with Crippen LogP contribution in [0.1, 0.15) is 44.6 Å². The predicted octanol–water partition coefficient (Wildman–Crippen LogP) is 3.15. The third-order valence-electron chi connectivity index (χ3n) is 4.41. The zero-order valence-electron chi connectivity index (χ0n) is 12.0. The van der Waals surface area contributed by atoms with Crippen molar-refractivity contribution in [1.29, 1.82) is 0 Å². The van der Waals surface area contributed by atoms with Gasteiger partial charge >= 0.3 is 0 Å². The highest BCUT2D eigenvalue weighted by Crippen LogP contribution is 2.25. The highest BCUT2D eigenvalue weighted by Gasteiger charge is 2.25. The summed E-state index contributed by atoms with van der Waals surface area (Å²) in [6.45, 7) is 2.58. The number of benzene rings is 1. The molecule has 3 unspecified atom stereocenters. The van der Waals surface area contributed by atoms with Gasteiger partial charge in [0.05, 0.1) is 0 Å². The molecule has 3 atom stereocenters. The lowest BCUT2D eigenvalue weighted by Gasteiger charge is -2.34. The van der Waals surface area contributed by atoms with Gasteiger partial charge in [-0.15, -0.1) is 0 Å². The number of hydrogen-bond acceptors (Lipinski definition) is 2. The molecule has 2 rings (SSSR count). The van der Waals surface area contributed by atoms with E-state index in [0.29, 0.717) is 24.6 Å². The van der Waals surface area contributed by atoms with Crippen molar-refractivity contribution >= 4 is 0 Å². The van der Waals surface area contributed by atoms with Gasteiger partial charge in [-0.1, -0.05) is 50.1 Å². The predicted molar refractivity (Wildman–Crippen MR) is 80.2 cm³/mol. The van der Waals surface area contributed by atoms with Gasteiger partial charge in [-0.25, -0.2) is 0 Å². The molecule has 1 aromatic carbocycles. The lowest BCUT2D eigenvalue weighted by atomic mass is 9.84. The van der Waals surface area contributed by atoms with Gasteiger partial charge < -0.3 is 10.4 Å². The number of rotatable bonds is 6. The average molecular weight is 261 g/mol. The summed E-state index contributed by atoms with van der Waals surface area (Å²) in [4.78, 5) is 0. The maximum atomic E-state index is 9.50. The van der Waals surface area contributed by atoms with Crippen LogP contribution >= 0.6 is 0 Å². The first-order chi connectivity index (χ1) is 9.33. The first-order valence-electron chi connectivity index (χ1n) is 7.74. The van der Waals surface area contributed by atoms with Crippen LogP contribution in [0.4, 0.5) is 0 Å². The number of aliphatic hydroxyl groups excluding tert-OH is 1. The van der Waals surface area contributed by atoms with Crippen LogP contribution in [-0.2, 0) is 6.42 Å². The summed E-state index contributed by atoms with van der Waals surface area (Å²) < 4.78 is 0. The van der Waals surface area contributed by atoms with Crippen LogP contribution in [0, 0.1) is 5.92 Å². The van der Waals surface area contributed by atoms with Crippen LogP contribution in [-0.4, -0.2) is 23.8 Å². The lowest BCUT2D eigenvalue weighted by molar-refractivity contribution is 0.145. The highest BCUT2D eigenvalue weighted by atomic mass is 16.3. The second kappa shape index (κ2) is 7.66. The topological polar surface area (TPSA) is 32.3 Å². The zero-order valence-corrected chi connectivity index (χ0v) is 12.0. The average Bonchev–Trinajstić information content (AvgIpc) is 2.48. The van der Waals surface area contributed by atoms with Gasteiger partial charge in [-0.2, -0.15) is 0 Å². The Bertz CT molecular complexity index is 352. The number of hydrogen-bond donors (Lipinski definition) is 2. The van der Waals surface area contributed by atoms with Gasteiger partial charge in [0.2, 0.25) is 0 Å². The van der Waals surface area contributed by atoms with Crippen molar-refractivity contribution in [1.82, 2.24) is 5.32 Å². The second-order valence-electron chi connectivity index (χ2n) is 5.80. The van der Waals surface area contributed by atoms with E-state index in [-0.39, 0.29) is 0 Å². The minimum absolute atomic E-state index is 0.333. The minimum atomic E-state index is 0.333. The Morgan fingerprint density at radius 1 is 1.21 bits per heavy atom. The number of aliphatic hydroxyl groups is 1. The van der Waals surface area contributed by atoms with E-state index in [1.165, 1.54) is 31.2 Å². The summed E-state index contributed by atoms with van der Waals surface area (Å²) in [6.07, 6.45) is 7.21. The molecule has 1 fully saturated rings. The summed E-state index contributed by atoms with van der Waals surface area (Å²) in [6, 6.07) is 11.7. The maximum absolute atomic E-state index is 9.50. The highest BCUT2D eigenvalue weighted by molar-refractivity contribution is 5.15. The van der Waals surface area contributed by atoms with E-state index < -0.39 is 0 Å². The van der Waals surface area contributed by atoms with E-state index >= 15 is 0 Å². The fourth-order valence-corrected chi connectivity index (χ4v) is 3.17. The largest absolute Gasteiger partial charge is 0.396 e. The van der Waals surface area contributed by atoms with E-state index in [9.17, 15) is 5.11 Å². The van der Waals surface area contributed by atoms with Gasteiger partial charge in [0, 0.05) is 18.7 Å². The molecule has 0 heterocycles. The third kappa shape index (κ3) is 4.32. The Kier molecular flexibility index (Phi) is 5.87. The Balaban J connectivity index is 1.90. The molecule has 0 bridgehead atoms. The molecule has 2 nitrogen and oxygen atoms in total. The Labute approximate surface area is 117 Å². The molecule has 19 heavy (non-hydrogen) atoms. The van der Waals surface area contributed by atoms with Crippen LogP contribution in [0.2, 0.25) is 0 Å². The normalized spacial score (nSPS) is 25.2. The monoisotopic (exact) mass is 261 g/mol. The molecule has 0 aromatic heterocycles. The standard InChI is InChI=1S/C17H27NO/c1-2-16(12-14-8-4-3-5-9-14)18-17-11-7-6-10-15(17)13-19/h3-5,8-9,15-19H,2,6-7,10-13H2,1H3. The van der Waals surface area contributed by atoms with E-state index in [4.69, 9.17) is 0 Å². The van der Waals surface area contributed by atoms with Gasteiger partial charge in [0.25, 0.3) is 0 Å². The third-order valence-corrected chi connectivity index (χ3v) is 4.41. The molecule has 2 N–H and O–H groups in total. The zero-order chi connectivity index (χ0) is 13.5. The smallest absolute Gasteiger partial charge is 0.0474 e. The molecule has 1 aliphatic carbocycles. The maximum Gasteiger partial charge on any atom is 0.0474 e. The van der Waals surface area contributed by atoms with Crippen molar-refractivity contribution in [3.63, 3.8) is 0 Å². The molecule has 0 amide bonds. The quantitative estimate of drug-likeness (QED) is 0.824. The first kappa shape index (κ1) is 14.5. The molecule has 1 aliphatic rings. The van der Waals surface area contributed by atoms with Crippen molar-refractivity contribution in [2.45, 2.75) is 57.5 Å². The molecular formula is C17H27NO. The SMILES string of the molecule is CCC(Cc1ccccc1)NC1CCCCC1CO. The molecular weight excluding hydrogens is 234 g/mol. The number of nitrogens with one attached hydrogen (secondary N) is 1. The molecule has 1 aromatic rings. The molecule has 106 valence electrons. The summed E-state index contributed by atoms with van der Waals surface area (Å²) in [5.74, 6) is 0.457. The molecule has 0 spiro atoms. The summed E-state index contributed by atoms with van der Waals surface area (Å²) in [5, 5.41) is 13.3. The van der Waals surface area contributed by atoms with Gasteiger partial charge in [-0.05, 0) is 37.2 Å². The van der Waals surface area contributed by atoms with Gasteiger partial charge in [0.1, 0.15) is 0 Å². The fraction of sp³-hybridized carbons (Fsp3) is 0.647. The van der Waals surface area contributed by atoms with E-state index in [0.717, 1.165) is 12.8 Å². The summed E-state index contributed by atoms with van der Waals surface area (Å²) in [5.41, 5.74) is 1.40. The van der Waals surface area contributed by atoms with Crippen LogP contribution < -0.4 is 5.32 Å². The van der Waals surface area contributed by atoms with Crippen LogP contribution in [0.5, 0.6) is 0 Å². The lowest BCUT2D eigenvalue weighted by Crippen LogP contribution is -2.46. The van der Waals surface area contributed by atoms with Crippen molar-refractivity contribution in [3.8, 4) is 0 Å². The first-order valence-corrected chi connectivity index (χ1v) is 7.74. The van der Waals surface area contributed by atoms with E-state index in [2.05, 4.69) is 42.6 Å². The van der Waals surface area contributed by atoms with Gasteiger partial charge in [-0.3, -0.25) is 0 Å². The van der Waals surface area contributed by atoms with E-state index in [1.54, 1.807) is 0 Å². The molecule has 0 saturated heterocycles. The van der Waals surface area contributed by atoms with Gasteiger partial charge in [0.15, 0.2) is 0 Å². The van der Waals surface area contributed by atoms with Crippen molar-refractivity contribution < 1.29 is 5.11 Å². The molecule has 2 heteroatoms. The molecule has 1 saturated carbocycles. The Hall–Kier alpha value is -0.860. The summed E-state index contributed by atoms with van der Waals surface area (Å²) >= 11 is 0. The minimum Gasteiger partial charge on any atom is -0.396 e. The summed E-state index contributed by atoms with van der Waals surface area (Å²) in [7, 11) is 0. The Morgan fingerprint density at radius 3 is 2.63 bits per heavy atom. The van der Waals surface area contributed by atoms with Crippen molar-refractivity contribution in [2.24, 2.45) is 5.92 Å². The van der Waals surface area contributed by atoms with E-state index in [1.807, 2.05) is 0 Å². The second-order valence-corrected chi connectivity index (χ2v) is 5.80. The van der Waals surface area contributed by atoms with Crippen LogP contribution in [0.15, 0.2) is 30.3 Å².